The van der Waals surface area contributed by atoms with Gasteiger partial charge in [0, 0.05) is 13.6 Å². The smallest absolute Gasteiger partial charge is 0.263 e. The van der Waals surface area contributed by atoms with E-state index in [1.807, 2.05) is 44.2 Å². The van der Waals surface area contributed by atoms with Crippen LogP contribution in [0.3, 0.4) is 0 Å². The number of hydrogen-bond acceptors (Lipinski definition) is 3. The topological polar surface area (TPSA) is 38.8 Å². The van der Waals surface area contributed by atoms with Crippen molar-refractivity contribution in [3.05, 3.63) is 58.7 Å². The zero-order valence-electron chi connectivity index (χ0n) is 15.9. The molecule has 1 atom stereocenters. The van der Waals surface area contributed by atoms with Crippen LogP contribution in [0.4, 0.5) is 0 Å². The molecule has 0 aliphatic carbocycles. The fourth-order valence-corrected chi connectivity index (χ4v) is 2.76. The van der Waals surface area contributed by atoms with E-state index in [0.29, 0.717) is 6.54 Å². The summed E-state index contributed by atoms with van der Waals surface area (Å²) >= 11 is 0. The molecule has 0 fully saturated rings. The molecule has 0 radical (unpaired) electrons. The van der Waals surface area contributed by atoms with Crippen LogP contribution in [0.2, 0.25) is 0 Å². The van der Waals surface area contributed by atoms with Crippen LogP contribution in [0.15, 0.2) is 36.4 Å². The Balaban J connectivity index is 2.03. The van der Waals surface area contributed by atoms with Gasteiger partial charge in [0.25, 0.3) is 5.91 Å². The van der Waals surface area contributed by atoms with Crippen LogP contribution in [0.1, 0.15) is 29.2 Å². The van der Waals surface area contributed by atoms with Gasteiger partial charge < -0.3 is 14.4 Å². The molecule has 2 aromatic carbocycles. The maximum absolute atomic E-state index is 12.6. The van der Waals surface area contributed by atoms with Crippen LogP contribution in [0.5, 0.6) is 11.5 Å². The maximum atomic E-state index is 12.6. The standard InChI is InChI=1S/C21H27NO3/c1-14-11-15(2)16(3)20(12-14)25-17(4)21(23)22(5)13-18-7-9-19(24-6)10-8-18/h7-12,17H,13H2,1-6H3. The fraction of sp³-hybridized carbons (Fsp3) is 0.381. The summed E-state index contributed by atoms with van der Waals surface area (Å²) in [7, 11) is 3.43. The zero-order chi connectivity index (χ0) is 18.6. The van der Waals surface area contributed by atoms with Crippen molar-refractivity contribution in [2.45, 2.75) is 40.3 Å². The molecule has 0 heterocycles. The van der Waals surface area contributed by atoms with E-state index < -0.39 is 6.10 Å². The van der Waals surface area contributed by atoms with Crippen molar-refractivity contribution in [3.8, 4) is 11.5 Å². The van der Waals surface area contributed by atoms with Crippen molar-refractivity contribution in [2.24, 2.45) is 0 Å². The first-order valence-corrected chi connectivity index (χ1v) is 8.44. The highest BCUT2D eigenvalue weighted by Crippen LogP contribution is 2.24. The van der Waals surface area contributed by atoms with Crippen LogP contribution < -0.4 is 9.47 Å². The molecule has 4 nitrogen and oxygen atoms in total. The molecule has 0 aromatic heterocycles. The highest BCUT2D eigenvalue weighted by Gasteiger charge is 2.20. The van der Waals surface area contributed by atoms with Gasteiger partial charge in [0.1, 0.15) is 11.5 Å². The largest absolute Gasteiger partial charge is 0.497 e. The lowest BCUT2D eigenvalue weighted by atomic mass is 10.1. The number of hydrogen-bond donors (Lipinski definition) is 0. The van der Waals surface area contributed by atoms with Gasteiger partial charge in [-0.1, -0.05) is 18.2 Å². The lowest BCUT2D eigenvalue weighted by Crippen LogP contribution is -2.37. The quantitative estimate of drug-likeness (QED) is 0.796. The molecule has 0 bridgehead atoms. The minimum Gasteiger partial charge on any atom is -0.497 e. The summed E-state index contributed by atoms with van der Waals surface area (Å²) < 4.78 is 11.1. The number of aryl methyl sites for hydroxylation is 2. The number of carbonyl (C=O) groups excluding carboxylic acids is 1. The Bertz CT molecular complexity index is 738. The third-order valence-electron chi connectivity index (χ3n) is 4.37. The number of carbonyl (C=O) groups is 1. The Labute approximate surface area is 150 Å². The number of likely N-dealkylation sites (N-methyl/N-ethyl adjacent to an activating group) is 1. The molecule has 0 spiro atoms. The van der Waals surface area contributed by atoms with Crippen LogP contribution in [-0.4, -0.2) is 31.1 Å². The molecule has 4 heteroatoms. The van der Waals surface area contributed by atoms with Gasteiger partial charge in [-0.2, -0.15) is 0 Å². The Kier molecular flexibility index (Phi) is 6.07. The summed E-state index contributed by atoms with van der Waals surface area (Å²) in [5, 5.41) is 0. The highest BCUT2D eigenvalue weighted by atomic mass is 16.5. The average Bonchev–Trinajstić information content (AvgIpc) is 2.59. The number of amides is 1. The number of ether oxygens (including phenoxy) is 2. The summed E-state index contributed by atoms with van der Waals surface area (Å²) in [5.74, 6) is 1.53. The number of methoxy groups -OCH3 is 1. The summed E-state index contributed by atoms with van der Waals surface area (Å²) in [4.78, 5) is 14.3. The normalized spacial score (nSPS) is 11.8. The van der Waals surface area contributed by atoms with Crippen LogP contribution in [0, 0.1) is 20.8 Å². The first-order chi connectivity index (χ1) is 11.8. The molecule has 0 aliphatic rings. The molecule has 25 heavy (non-hydrogen) atoms. The molecular formula is C21H27NO3. The molecule has 0 saturated carbocycles. The number of rotatable bonds is 6. The monoisotopic (exact) mass is 341 g/mol. The summed E-state index contributed by atoms with van der Waals surface area (Å²) in [6, 6.07) is 11.8. The van der Waals surface area contributed by atoms with Gasteiger partial charge in [0.05, 0.1) is 7.11 Å². The van der Waals surface area contributed by atoms with E-state index in [9.17, 15) is 4.79 Å². The van der Waals surface area contributed by atoms with Crippen molar-refractivity contribution < 1.29 is 14.3 Å². The second-order valence-corrected chi connectivity index (χ2v) is 6.51. The molecule has 0 aliphatic heterocycles. The van der Waals surface area contributed by atoms with Gasteiger partial charge in [0.15, 0.2) is 6.10 Å². The third kappa shape index (κ3) is 4.75. The fourth-order valence-electron chi connectivity index (χ4n) is 2.76. The van der Waals surface area contributed by atoms with Gasteiger partial charge in [0.2, 0.25) is 0 Å². The predicted octanol–water partition coefficient (Wildman–Crippen LogP) is 4.05. The lowest BCUT2D eigenvalue weighted by Gasteiger charge is -2.23. The predicted molar refractivity (Wildman–Crippen MR) is 100 cm³/mol. The van der Waals surface area contributed by atoms with Crippen molar-refractivity contribution in [2.75, 3.05) is 14.2 Å². The van der Waals surface area contributed by atoms with E-state index in [-0.39, 0.29) is 5.91 Å². The summed E-state index contributed by atoms with van der Waals surface area (Å²) in [6.45, 7) is 8.42. The summed E-state index contributed by atoms with van der Waals surface area (Å²) in [5.41, 5.74) is 4.42. The molecule has 2 rings (SSSR count). The van der Waals surface area contributed by atoms with Crippen LogP contribution in [0.25, 0.3) is 0 Å². The first-order valence-electron chi connectivity index (χ1n) is 8.44. The average molecular weight is 341 g/mol. The Morgan fingerprint density at radius 3 is 2.36 bits per heavy atom. The number of benzene rings is 2. The zero-order valence-corrected chi connectivity index (χ0v) is 15.9. The van der Waals surface area contributed by atoms with Gasteiger partial charge in [-0.3, -0.25) is 4.79 Å². The van der Waals surface area contributed by atoms with Gasteiger partial charge in [-0.15, -0.1) is 0 Å². The van der Waals surface area contributed by atoms with Crippen LogP contribution >= 0.6 is 0 Å². The number of nitrogens with zero attached hydrogens (tertiary/aromatic N) is 1. The third-order valence-corrected chi connectivity index (χ3v) is 4.37. The molecule has 2 aromatic rings. The van der Waals surface area contributed by atoms with E-state index in [1.165, 1.54) is 5.56 Å². The molecule has 134 valence electrons. The Morgan fingerprint density at radius 1 is 1.12 bits per heavy atom. The van der Waals surface area contributed by atoms with Gasteiger partial charge >= 0.3 is 0 Å². The molecule has 0 N–H and O–H groups in total. The van der Waals surface area contributed by atoms with E-state index in [1.54, 1.807) is 26.0 Å². The summed E-state index contributed by atoms with van der Waals surface area (Å²) in [6.07, 6.45) is -0.539. The first kappa shape index (κ1) is 18.8. The minimum absolute atomic E-state index is 0.0469. The Morgan fingerprint density at radius 2 is 1.76 bits per heavy atom. The van der Waals surface area contributed by atoms with E-state index >= 15 is 0 Å². The van der Waals surface area contributed by atoms with E-state index in [4.69, 9.17) is 9.47 Å². The lowest BCUT2D eigenvalue weighted by molar-refractivity contribution is -0.137. The van der Waals surface area contributed by atoms with Gasteiger partial charge in [-0.25, -0.2) is 0 Å². The van der Waals surface area contributed by atoms with Crippen molar-refractivity contribution in [1.82, 2.24) is 4.90 Å². The highest BCUT2D eigenvalue weighted by molar-refractivity contribution is 5.80. The second kappa shape index (κ2) is 8.06. The van der Waals surface area contributed by atoms with Gasteiger partial charge in [-0.05, 0) is 68.1 Å². The molecule has 1 amide bonds. The van der Waals surface area contributed by atoms with Crippen molar-refractivity contribution in [1.29, 1.82) is 0 Å². The van der Waals surface area contributed by atoms with Crippen molar-refractivity contribution in [3.63, 3.8) is 0 Å². The van der Waals surface area contributed by atoms with E-state index in [2.05, 4.69) is 13.0 Å². The van der Waals surface area contributed by atoms with Crippen molar-refractivity contribution >= 4 is 5.91 Å². The van der Waals surface area contributed by atoms with E-state index in [0.717, 1.165) is 28.2 Å². The minimum atomic E-state index is -0.539. The SMILES string of the molecule is COc1ccc(CN(C)C(=O)C(C)Oc2cc(C)cc(C)c2C)cc1. The van der Waals surface area contributed by atoms with Crippen LogP contribution in [-0.2, 0) is 11.3 Å². The molecular weight excluding hydrogens is 314 g/mol. The molecule has 1 unspecified atom stereocenters. The second-order valence-electron chi connectivity index (χ2n) is 6.51. The maximum Gasteiger partial charge on any atom is 0.263 e. The molecule has 0 saturated heterocycles. The Hall–Kier alpha value is -2.49.